The van der Waals surface area contributed by atoms with Gasteiger partial charge in [0, 0.05) is 0 Å². The van der Waals surface area contributed by atoms with Crippen molar-refractivity contribution in [1.29, 1.82) is 0 Å². The molecule has 0 saturated heterocycles. The number of methoxy groups -OCH3 is 2. The molecule has 1 aromatic carbocycles. The van der Waals surface area contributed by atoms with Gasteiger partial charge in [0.15, 0.2) is 11.5 Å². The first-order valence-corrected chi connectivity index (χ1v) is 4.69. The summed E-state index contributed by atoms with van der Waals surface area (Å²) in [4.78, 5) is 9.78. The van der Waals surface area contributed by atoms with Gasteiger partial charge in [-0.15, -0.1) is 0 Å². The Labute approximate surface area is 94.4 Å². The minimum Gasteiger partial charge on any atom is -0.493 e. The van der Waals surface area contributed by atoms with Gasteiger partial charge in [0.1, 0.15) is 6.61 Å². The summed E-state index contributed by atoms with van der Waals surface area (Å²) in [6.07, 6.45) is 3.53. The molecule has 1 rings (SSSR count). The van der Waals surface area contributed by atoms with Gasteiger partial charge in [-0.3, -0.25) is 0 Å². The average Bonchev–Trinajstić information content (AvgIpc) is 2.34. The van der Waals surface area contributed by atoms with Gasteiger partial charge in [0.2, 0.25) is 0 Å². The fourth-order valence-electron chi connectivity index (χ4n) is 1.22. The van der Waals surface area contributed by atoms with E-state index in [4.69, 9.17) is 9.47 Å². The number of rotatable bonds is 6. The highest BCUT2D eigenvalue weighted by molar-refractivity contribution is 5.56. The fraction of sp³-hybridized carbons (Fsp3) is 0.250. The highest BCUT2D eigenvalue weighted by atomic mass is 16.5. The number of hydrogen-bond acceptors (Lipinski definition) is 4. The van der Waals surface area contributed by atoms with Crippen LogP contribution in [0, 0.1) is 0 Å². The largest absolute Gasteiger partial charge is 0.493 e. The summed E-state index contributed by atoms with van der Waals surface area (Å²) in [6, 6.07) is 5.52. The highest BCUT2D eigenvalue weighted by Crippen LogP contribution is 2.27. The molecule has 0 aliphatic heterocycles. The van der Waals surface area contributed by atoms with Crippen LogP contribution in [0.1, 0.15) is 5.56 Å². The van der Waals surface area contributed by atoms with Crippen LogP contribution >= 0.6 is 0 Å². The lowest BCUT2D eigenvalue weighted by molar-refractivity contribution is 0.314. The Morgan fingerprint density at radius 1 is 1.25 bits per heavy atom. The third-order valence-electron chi connectivity index (χ3n) is 1.96. The van der Waals surface area contributed by atoms with Crippen molar-refractivity contribution >= 4 is 12.5 Å². The third-order valence-corrected chi connectivity index (χ3v) is 1.96. The third kappa shape index (κ3) is 3.31. The van der Waals surface area contributed by atoms with Crippen molar-refractivity contribution in [2.45, 2.75) is 0 Å². The molecular weight excluding hydrogens is 208 g/mol. The minimum absolute atomic E-state index is 0.206. The van der Waals surface area contributed by atoms with E-state index in [0.717, 1.165) is 5.56 Å². The van der Waals surface area contributed by atoms with E-state index in [0.29, 0.717) is 11.5 Å². The Hall–Kier alpha value is -1.97. The van der Waals surface area contributed by atoms with Crippen molar-refractivity contribution in [3.63, 3.8) is 0 Å². The molecule has 0 N–H and O–H groups in total. The van der Waals surface area contributed by atoms with E-state index in [9.17, 15) is 4.79 Å². The molecule has 0 atom stereocenters. The van der Waals surface area contributed by atoms with Gasteiger partial charge >= 0.3 is 6.47 Å². The molecule has 0 aliphatic rings. The van der Waals surface area contributed by atoms with Gasteiger partial charge in [-0.25, -0.2) is 4.79 Å². The lowest BCUT2D eigenvalue weighted by Gasteiger charge is -2.07. The van der Waals surface area contributed by atoms with Crippen LogP contribution in [0.15, 0.2) is 24.3 Å². The molecule has 85 valence electrons. The molecule has 4 heteroatoms. The lowest BCUT2D eigenvalue weighted by atomic mass is 10.2. The molecule has 0 amide bonds. The molecule has 0 bridgehead atoms. The van der Waals surface area contributed by atoms with E-state index in [1.165, 1.54) is 6.47 Å². The fourth-order valence-corrected chi connectivity index (χ4v) is 1.22. The number of hydrogen-bond donors (Lipinski definition) is 0. The van der Waals surface area contributed by atoms with Crippen LogP contribution in [0.25, 0.3) is 6.08 Å². The van der Waals surface area contributed by atoms with Crippen molar-refractivity contribution in [3.05, 3.63) is 29.8 Å². The second kappa shape index (κ2) is 6.50. The summed E-state index contributed by atoms with van der Waals surface area (Å²) in [5.74, 6) is 1.34. The maximum Gasteiger partial charge on any atom is 0.417 e. The summed E-state index contributed by atoms with van der Waals surface area (Å²) in [6.45, 7) is 1.56. The minimum atomic E-state index is 0.206. The average molecular weight is 221 g/mol. The van der Waals surface area contributed by atoms with E-state index in [-0.39, 0.29) is 6.61 Å². The zero-order valence-corrected chi connectivity index (χ0v) is 9.23. The van der Waals surface area contributed by atoms with Gasteiger partial charge < -0.3 is 14.2 Å². The first-order valence-electron chi connectivity index (χ1n) is 4.69. The monoisotopic (exact) mass is 221 g/mol. The summed E-state index contributed by atoms with van der Waals surface area (Å²) in [7, 11) is 3.16. The Morgan fingerprint density at radius 2 is 2.00 bits per heavy atom. The molecule has 0 unspecified atom stereocenters. The number of carbonyl (C=O) groups excluding carboxylic acids is 1. The summed E-state index contributed by atoms with van der Waals surface area (Å²) in [5.41, 5.74) is 0.937. The number of ether oxygens (including phenoxy) is 3. The van der Waals surface area contributed by atoms with Gasteiger partial charge in [0.05, 0.1) is 14.2 Å². The van der Waals surface area contributed by atoms with E-state index in [1.54, 1.807) is 20.3 Å². The van der Waals surface area contributed by atoms with Crippen LogP contribution in [0.4, 0.5) is 0 Å². The Bertz CT molecular complexity index is 371. The maximum absolute atomic E-state index is 9.78. The van der Waals surface area contributed by atoms with Crippen molar-refractivity contribution in [2.24, 2.45) is 0 Å². The normalized spacial score (nSPS) is 10.1. The van der Waals surface area contributed by atoms with Gasteiger partial charge in [-0.05, 0) is 23.8 Å². The van der Waals surface area contributed by atoms with Crippen molar-refractivity contribution in [2.75, 3.05) is 20.8 Å². The van der Waals surface area contributed by atoms with E-state index in [2.05, 4.69) is 4.74 Å². The topological polar surface area (TPSA) is 44.8 Å². The van der Waals surface area contributed by atoms with Crippen molar-refractivity contribution in [3.8, 4) is 11.5 Å². The van der Waals surface area contributed by atoms with Crippen LogP contribution in [-0.4, -0.2) is 27.3 Å². The smallest absolute Gasteiger partial charge is 0.417 e. The van der Waals surface area contributed by atoms with Crippen LogP contribution in [0.2, 0.25) is 0 Å². The van der Waals surface area contributed by atoms with Crippen LogP contribution in [0.3, 0.4) is 0 Å². The molecule has 0 spiro atoms. The van der Waals surface area contributed by atoms with Crippen LogP contribution in [0.5, 0.6) is 11.5 Å². The van der Waals surface area contributed by atoms with Crippen LogP contribution < -0.4 is 9.47 Å². The first-order chi connectivity index (χ1) is 7.81. The molecule has 0 saturated carbocycles. The molecule has 4 nitrogen and oxygen atoms in total. The Morgan fingerprint density at radius 3 is 2.62 bits per heavy atom. The second-order valence-corrected chi connectivity index (χ2v) is 2.91. The molecule has 0 fully saturated rings. The Balaban J connectivity index is 2.74. The first kappa shape index (κ1) is 12.1. The quantitative estimate of drug-likeness (QED) is 0.687. The lowest BCUT2D eigenvalue weighted by Crippen LogP contribution is -1.90. The SMILES string of the molecule is COc1ccc(C=CCO[C]=O)cc1OC. The van der Waals surface area contributed by atoms with Gasteiger partial charge in [-0.1, -0.05) is 12.1 Å². The summed E-state index contributed by atoms with van der Waals surface area (Å²) >= 11 is 0. The molecule has 1 aromatic rings. The molecule has 16 heavy (non-hydrogen) atoms. The summed E-state index contributed by atoms with van der Waals surface area (Å²) < 4.78 is 14.7. The maximum atomic E-state index is 9.78. The summed E-state index contributed by atoms with van der Waals surface area (Å²) in [5, 5.41) is 0. The zero-order valence-electron chi connectivity index (χ0n) is 9.23. The van der Waals surface area contributed by atoms with E-state index in [1.807, 2.05) is 24.3 Å². The standard InChI is InChI=1S/C12H13O4/c1-14-11-6-5-10(8-12(11)15-2)4-3-7-16-9-13/h3-6,8H,7H2,1-2H3. The van der Waals surface area contributed by atoms with Crippen molar-refractivity contribution < 1.29 is 19.0 Å². The molecular formula is C12H13O4. The van der Waals surface area contributed by atoms with E-state index < -0.39 is 0 Å². The predicted octanol–water partition coefficient (Wildman–Crippen LogP) is 1.80. The highest BCUT2D eigenvalue weighted by Gasteiger charge is 2.02. The van der Waals surface area contributed by atoms with Gasteiger partial charge in [-0.2, -0.15) is 0 Å². The second-order valence-electron chi connectivity index (χ2n) is 2.91. The zero-order chi connectivity index (χ0) is 11.8. The predicted molar refractivity (Wildman–Crippen MR) is 60.2 cm³/mol. The molecule has 0 aromatic heterocycles. The van der Waals surface area contributed by atoms with Crippen LogP contribution in [-0.2, 0) is 9.53 Å². The molecule has 0 aliphatic carbocycles. The Kier molecular flexibility index (Phi) is 4.92. The van der Waals surface area contributed by atoms with Crippen molar-refractivity contribution in [1.82, 2.24) is 0 Å². The molecule has 1 radical (unpaired) electrons. The molecule has 0 heterocycles. The van der Waals surface area contributed by atoms with E-state index >= 15 is 0 Å². The van der Waals surface area contributed by atoms with Gasteiger partial charge in [0.25, 0.3) is 0 Å². The number of benzene rings is 1.